The molecular formula is C35H32N9NaO12S5. The maximum absolute atomic E-state index is 12.0. The fourth-order valence-electron chi connectivity index (χ4n) is 5.22. The van der Waals surface area contributed by atoms with Crippen LogP contribution in [0.5, 0.6) is 11.5 Å². The SMILES string of the molecule is CCSc1nsc(N=Nc2cc(NC(=O)CC)c(O)c3cccc(NSOOC)c23)n1.CS(=O)(=O)c1cc([N+](=O)[O-])ccc1N=Nc1ccc(O)c2cccc(SOO[O-])c12.[Na+]. The molecule has 6 aromatic rings. The third-order valence-corrected chi connectivity index (χ3v) is 11.5. The number of nitrogens with one attached hydrogen (secondary N) is 2. The van der Waals surface area contributed by atoms with E-state index in [9.17, 15) is 38.8 Å². The van der Waals surface area contributed by atoms with Crippen LogP contribution >= 0.6 is 47.6 Å². The van der Waals surface area contributed by atoms with Gasteiger partial charge in [0.1, 0.15) is 34.3 Å². The molecule has 0 saturated heterocycles. The number of non-ortho nitro benzene ring substituents is 1. The van der Waals surface area contributed by atoms with Crippen LogP contribution < -0.4 is 44.9 Å². The van der Waals surface area contributed by atoms with Gasteiger partial charge in [0.25, 0.3) is 5.69 Å². The van der Waals surface area contributed by atoms with Crippen molar-refractivity contribution in [1.29, 1.82) is 0 Å². The third kappa shape index (κ3) is 13.0. The van der Waals surface area contributed by atoms with Gasteiger partial charge >= 0.3 is 29.6 Å². The van der Waals surface area contributed by atoms with E-state index in [1.165, 1.54) is 37.1 Å². The normalized spacial score (nSPS) is 11.4. The average Bonchev–Trinajstić information content (AvgIpc) is 3.70. The van der Waals surface area contributed by atoms with E-state index in [1.807, 2.05) is 6.92 Å². The number of nitro benzene ring substituents is 1. The Morgan fingerprint density at radius 1 is 0.919 bits per heavy atom. The molecule has 0 spiro atoms. The van der Waals surface area contributed by atoms with Crippen molar-refractivity contribution in [1.82, 2.24) is 9.36 Å². The summed E-state index contributed by atoms with van der Waals surface area (Å²) in [5, 5.41) is 67.4. The molecule has 0 aliphatic rings. The van der Waals surface area contributed by atoms with Crippen LogP contribution in [0.3, 0.4) is 0 Å². The Labute approximate surface area is 391 Å². The molecule has 5 aromatic carbocycles. The molecule has 21 nitrogen and oxygen atoms in total. The van der Waals surface area contributed by atoms with Gasteiger partial charge in [-0.2, -0.15) is 13.7 Å². The second-order valence-corrected chi connectivity index (χ2v) is 16.9. The van der Waals surface area contributed by atoms with Gasteiger partial charge in [-0.25, -0.2) is 13.3 Å². The summed E-state index contributed by atoms with van der Waals surface area (Å²) in [5.74, 6) is 0.476. The molecular weight excluding hydrogens is 922 g/mol. The quantitative estimate of drug-likeness (QED) is 0.00741. The molecule has 0 aliphatic heterocycles. The number of phenols is 2. The number of thioether (sulfide) groups is 1. The summed E-state index contributed by atoms with van der Waals surface area (Å²) in [4.78, 5) is 31.1. The van der Waals surface area contributed by atoms with Gasteiger partial charge in [-0.3, -0.25) is 19.9 Å². The van der Waals surface area contributed by atoms with E-state index in [2.05, 4.69) is 54.1 Å². The van der Waals surface area contributed by atoms with Gasteiger partial charge < -0.3 is 25.5 Å². The van der Waals surface area contributed by atoms with E-state index in [0.29, 0.717) is 60.1 Å². The Morgan fingerprint density at radius 3 is 2.32 bits per heavy atom. The first-order valence-electron chi connectivity index (χ1n) is 17.2. The number of nitrogens with zero attached hydrogens (tertiary/aromatic N) is 7. The van der Waals surface area contributed by atoms with Crippen LogP contribution in [0, 0.1) is 10.1 Å². The number of phenolic OH excluding ortho intramolecular Hbond substituents is 2. The van der Waals surface area contributed by atoms with Gasteiger partial charge in [0, 0.05) is 62.8 Å². The van der Waals surface area contributed by atoms with Crippen LogP contribution in [0.4, 0.5) is 39.3 Å². The molecule has 4 N–H and O–H groups in total. The summed E-state index contributed by atoms with van der Waals surface area (Å²) in [7, 11) is -2.45. The van der Waals surface area contributed by atoms with Crippen LogP contribution in [0.1, 0.15) is 20.3 Å². The summed E-state index contributed by atoms with van der Waals surface area (Å²) in [6.45, 7) is 3.74. The fraction of sp³-hybridized carbons (Fsp3) is 0.171. The molecule has 0 unspecified atom stereocenters. The number of rotatable bonds is 17. The second kappa shape index (κ2) is 23.8. The first-order valence-corrected chi connectivity index (χ1v) is 22.3. The Morgan fingerprint density at radius 2 is 1.63 bits per heavy atom. The van der Waals surface area contributed by atoms with Crippen LogP contribution in [-0.2, 0) is 33.2 Å². The van der Waals surface area contributed by atoms with Gasteiger partial charge in [-0.05, 0) is 42.2 Å². The van der Waals surface area contributed by atoms with Crippen molar-refractivity contribution in [3.8, 4) is 11.5 Å². The topological polar surface area (TPSA) is 294 Å². The zero-order valence-corrected chi connectivity index (χ0v) is 39.1. The number of fused-ring (bicyclic) bond motifs is 2. The van der Waals surface area contributed by atoms with Crippen LogP contribution in [0.15, 0.2) is 108 Å². The Balaban J connectivity index is 0.000000268. The molecule has 0 saturated carbocycles. The number of aromatic hydroxyl groups is 2. The number of hydrogen-bond acceptors (Lipinski definition) is 23. The number of azo groups is 2. The minimum absolute atomic E-state index is 0. The van der Waals surface area contributed by atoms with Crippen molar-refractivity contribution in [3.05, 3.63) is 82.9 Å². The van der Waals surface area contributed by atoms with Crippen LogP contribution in [0.2, 0.25) is 0 Å². The summed E-state index contributed by atoms with van der Waals surface area (Å²) >= 11 is 4.10. The van der Waals surface area contributed by atoms with Gasteiger partial charge in [0.2, 0.25) is 16.2 Å². The minimum Gasteiger partial charge on any atom is -0.691 e. The largest absolute Gasteiger partial charge is 1.00 e. The van der Waals surface area contributed by atoms with E-state index in [1.54, 1.807) is 49.4 Å². The first kappa shape index (κ1) is 50.1. The minimum atomic E-state index is -3.84. The van der Waals surface area contributed by atoms with Crippen molar-refractivity contribution in [2.75, 3.05) is 29.2 Å². The van der Waals surface area contributed by atoms with Gasteiger partial charge in [0.15, 0.2) is 9.84 Å². The predicted molar refractivity (Wildman–Crippen MR) is 228 cm³/mol. The van der Waals surface area contributed by atoms with Crippen molar-refractivity contribution >= 4 is 124 Å². The summed E-state index contributed by atoms with van der Waals surface area (Å²) in [6.07, 6.45) is 1.17. The van der Waals surface area contributed by atoms with Crippen molar-refractivity contribution in [3.63, 3.8) is 0 Å². The van der Waals surface area contributed by atoms with Gasteiger partial charge in [-0.1, -0.05) is 49.9 Å². The maximum atomic E-state index is 12.0. The monoisotopic (exact) mass is 953 g/mol. The molecule has 0 atom stereocenters. The molecule has 0 radical (unpaired) electrons. The first-order chi connectivity index (χ1) is 29.3. The molecule has 62 heavy (non-hydrogen) atoms. The van der Waals surface area contributed by atoms with Crippen molar-refractivity contribution < 1.29 is 81.8 Å². The molecule has 0 fully saturated rings. The predicted octanol–water partition coefficient (Wildman–Crippen LogP) is 6.33. The molecule has 27 heteroatoms. The number of anilines is 2. The number of nitro groups is 1. The summed E-state index contributed by atoms with van der Waals surface area (Å²) in [5.41, 5.74) is 0.979. The summed E-state index contributed by atoms with van der Waals surface area (Å²) in [6, 6.07) is 17.6. The number of sulfone groups is 1. The van der Waals surface area contributed by atoms with E-state index >= 15 is 0 Å². The third-order valence-electron chi connectivity index (χ3n) is 7.80. The average molecular weight is 954 g/mol. The van der Waals surface area contributed by atoms with Crippen LogP contribution in [0.25, 0.3) is 21.5 Å². The molecule has 0 bridgehead atoms. The van der Waals surface area contributed by atoms with E-state index in [4.69, 9.17) is 4.33 Å². The van der Waals surface area contributed by atoms with Crippen molar-refractivity contribution in [2.24, 2.45) is 20.5 Å². The van der Waals surface area contributed by atoms with Crippen LogP contribution in [-0.4, -0.2) is 57.9 Å². The number of aromatic nitrogens is 2. The Hall–Kier alpha value is -4.55. The zero-order chi connectivity index (χ0) is 44.1. The molecule has 320 valence electrons. The van der Waals surface area contributed by atoms with E-state index in [0.717, 1.165) is 47.9 Å². The number of benzene rings is 5. The number of amides is 1. The van der Waals surface area contributed by atoms with Gasteiger partial charge in [-0.15, -0.1) is 24.8 Å². The number of carbonyl (C=O) groups excluding carboxylic acids is 1. The second-order valence-electron chi connectivity index (χ2n) is 11.7. The molecule has 6 rings (SSSR count). The van der Waals surface area contributed by atoms with E-state index < -0.39 is 20.4 Å². The van der Waals surface area contributed by atoms with Gasteiger partial charge in [0.05, 0.1) is 46.8 Å². The van der Waals surface area contributed by atoms with E-state index in [-0.39, 0.29) is 75.3 Å². The Kier molecular flexibility index (Phi) is 19.2. The molecule has 1 amide bonds. The summed E-state index contributed by atoms with van der Waals surface area (Å²) < 4.78 is 40.5. The van der Waals surface area contributed by atoms with Crippen molar-refractivity contribution in [2.45, 2.75) is 35.2 Å². The standard InChI is InChI=1S/C18H20N6O4S3.C17H13N3O8S2.Na/c1-4-14(25)19-13-9-12(21-22-17-20-18(24-30-17)29-5-2)15-10(16(13)26)7-6-8-11(15)23-31-28-27-3;1-30(25,26)16-9-10(20(22)23)5-6-12(16)18-19-13-7-8-14(21)11-3-2-4-15(17(11)13)29-28-27-24;/h6-9,23,26H,4-5H2,1-3H3,(H,19,25);2-9,21,24H,1H3;/q;;+1/p-1. The maximum Gasteiger partial charge on any atom is 1.00 e. The number of hydrogen-bond donors (Lipinski definition) is 4. The smallest absolute Gasteiger partial charge is 0.691 e. The molecule has 1 heterocycles. The number of carbonyl (C=O) groups is 1. The zero-order valence-electron chi connectivity index (χ0n) is 33.0. The molecule has 0 aliphatic carbocycles. The molecule has 1 aromatic heterocycles. The Bertz CT molecular complexity index is 2730. The fourth-order valence-corrected chi connectivity index (χ4v) is 8.13.